The summed E-state index contributed by atoms with van der Waals surface area (Å²) in [5, 5.41) is 3.74. The van der Waals surface area contributed by atoms with Gasteiger partial charge in [-0.15, -0.1) is 0 Å². The summed E-state index contributed by atoms with van der Waals surface area (Å²) in [6.45, 7) is 3.56. The highest BCUT2D eigenvalue weighted by molar-refractivity contribution is 7.89. The van der Waals surface area contributed by atoms with Crippen molar-refractivity contribution < 1.29 is 13.2 Å². The van der Waals surface area contributed by atoms with Crippen LogP contribution >= 0.6 is 23.2 Å². The van der Waals surface area contributed by atoms with Crippen LogP contribution in [0.15, 0.2) is 47.4 Å². The SMILES string of the molecule is CC(c1ccccc1Cl)N(C)CCC(=O)Nc1cc(S(=O)(=O)N2CCCC2)ccc1Cl. The fourth-order valence-corrected chi connectivity index (χ4v) is 5.58. The van der Waals surface area contributed by atoms with Gasteiger partial charge in [0, 0.05) is 37.1 Å². The molecule has 1 fully saturated rings. The fraction of sp³-hybridized carbons (Fsp3) is 0.409. The molecular weight excluding hydrogens is 457 g/mol. The number of nitrogens with zero attached hydrogens (tertiary/aromatic N) is 2. The van der Waals surface area contributed by atoms with E-state index in [1.807, 2.05) is 43.1 Å². The predicted octanol–water partition coefficient (Wildman–Crippen LogP) is 4.80. The summed E-state index contributed by atoms with van der Waals surface area (Å²) >= 11 is 12.5. The predicted molar refractivity (Wildman–Crippen MR) is 125 cm³/mol. The second kappa shape index (κ2) is 10.3. The molecule has 0 aliphatic carbocycles. The maximum atomic E-state index is 12.8. The van der Waals surface area contributed by atoms with Gasteiger partial charge in [-0.2, -0.15) is 4.31 Å². The number of hydrogen-bond donors (Lipinski definition) is 1. The van der Waals surface area contributed by atoms with E-state index in [1.165, 1.54) is 22.5 Å². The number of benzene rings is 2. The third kappa shape index (κ3) is 5.79. The van der Waals surface area contributed by atoms with E-state index in [2.05, 4.69) is 5.32 Å². The van der Waals surface area contributed by atoms with Crippen LogP contribution in [0.2, 0.25) is 10.0 Å². The Hall–Kier alpha value is -1.64. The molecule has 1 unspecified atom stereocenters. The summed E-state index contributed by atoms with van der Waals surface area (Å²) in [7, 11) is -1.65. The summed E-state index contributed by atoms with van der Waals surface area (Å²) in [6.07, 6.45) is 1.94. The molecule has 168 valence electrons. The molecule has 1 amide bonds. The second-order valence-corrected chi connectivity index (χ2v) is 10.5. The molecule has 1 heterocycles. The highest BCUT2D eigenvalue weighted by Crippen LogP contribution is 2.29. The molecule has 6 nitrogen and oxygen atoms in total. The molecule has 31 heavy (non-hydrogen) atoms. The van der Waals surface area contributed by atoms with Crippen LogP contribution in [-0.4, -0.2) is 50.2 Å². The van der Waals surface area contributed by atoms with E-state index in [-0.39, 0.29) is 23.3 Å². The van der Waals surface area contributed by atoms with Crippen LogP contribution in [0.5, 0.6) is 0 Å². The van der Waals surface area contributed by atoms with Gasteiger partial charge in [0.25, 0.3) is 0 Å². The number of sulfonamides is 1. The molecular formula is C22H27Cl2N3O3S. The molecule has 0 spiro atoms. The van der Waals surface area contributed by atoms with Crippen molar-refractivity contribution in [3.05, 3.63) is 58.1 Å². The van der Waals surface area contributed by atoms with Crippen molar-refractivity contribution in [1.29, 1.82) is 0 Å². The van der Waals surface area contributed by atoms with E-state index in [4.69, 9.17) is 23.2 Å². The number of rotatable bonds is 8. The maximum absolute atomic E-state index is 12.8. The lowest BCUT2D eigenvalue weighted by atomic mass is 10.1. The lowest BCUT2D eigenvalue weighted by Gasteiger charge is -2.25. The zero-order valence-electron chi connectivity index (χ0n) is 17.6. The summed E-state index contributed by atoms with van der Waals surface area (Å²) in [6, 6.07) is 12.1. The molecule has 1 aliphatic heterocycles. The molecule has 0 saturated carbocycles. The third-order valence-corrected chi connectivity index (χ3v) is 8.19. The quantitative estimate of drug-likeness (QED) is 0.585. The van der Waals surface area contributed by atoms with Crippen molar-refractivity contribution in [2.45, 2.75) is 37.1 Å². The number of nitrogens with one attached hydrogen (secondary N) is 1. The molecule has 3 rings (SSSR count). The second-order valence-electron chi connectivity index (χ2n) is 7.73. The van der Waals surface area contributed by atoms with E-state index in [9.17, 15) is 13.2 Å². The number of hydrogen-bond acceptors (Lipinski definition) is 4. The van der Waals surface area contributed by atoms with Crippen LogP contribution < -0.4 is 5.32 Å². The molecule has 0 bridgehead atoms. The molecule has 2 aromatic carbocycles. The van der Waals surface area contributed by atoms with Crippen molar-refractivity contribution in [3.8, 4) is 0 Å². The van der Waals surface area contributed by atoms with E-state index < -0.39 is 10.0 Å². The average molecular weight is 484 g/mol. The average Bonchev–Trinajstić information content (AvgIpc) is 3.29. The highest BCUT2D eigenvalue weighted by atomic mass is 35.5. The van der Waals surface area contributed by atoms with Gasteiger partial charge in [-0.05, 0) is 56.6 Å². The lowest BCUT2D eigenvalue weighted by Crippen LogP contribution is -2.28. The van der Waals surface area contributed by atoms with E-state index in [1.54, 1.807) is 0 Å². The van der Waals surface area contributed by atoms with E-state index >= 15 is 0 Å². The molecule has 1 atom stereocenters. The lowest BCUT2D eigenvalue weighted by molar-refractivity contribution is -0.116. The van der Waals surface area contributed by atoms with Gasteiger partial charge in [-0.3, -0.25) is 9.69 Å². The van der Waals surface area contributed by atoms with Crippen LogP contribution in [0.25, 0.3) is 0 Å². The number of carbonyl (C=O) groups is 1. The van der Waals surface area contributed by atoms with Gasteiger partial charge < -0.3 is 5.32 Å². The highest BCUT2D eigenvalue weighted by Gasteiger charge is 2.27. The molecule has 0 radical (unpaired) electrons. The molecule has 2 aromatic rings. The van der Waals surface area contributed by atoms with Crippen molar-refractivity contribution in [1.82, 2.24) is 9.21 Å². The monoisotopic (exact) mass is 483 g/mol. The van der Waals surface area contributed by atoms with Crippen LogP contribution in [0.1, 0.15) is 37.8 Å². The van der Waals surface area contributed by atoms with Gasteiger partial charge in [-0.1, -0.05) is 41.4 Å². The Balaban J connectivity index is 1.63. The van der Waals surface area contributed by atoms with Crippen LogP contribution in [0.4, 0.5) is 5.69 Å². The Morgan fingerprint density at radius 1 is 1.13 bits per heavy atom. The molecule has 1 aliphatic rings. The van der Waals surface area contributed by atoms with Gasteiger partial charge >= 0.3 is 0 Å². The zero-order chi connectivity index (χ0) is 22.6. The molecule has 1 saturated heterocycles. The fourth-order valence-electron chi connectivity index (χ4n) is 3.57. The maximum Gasteiger partial charge on any atom is 0.243 e. The molecule has 1 N–H and O–H groups in total. The van der Waals surface area contributed by atoms with Gasteiger partial charge in [0.15, 0.2) is 0 Å². The smallest absolute Gasteiger partial charge is 0.243 e. The normalized spacial score (nSPS) is 15.9. The van der Waals surface area contributed by atoms with Crippen LogP contribution in [-0.2, 0) is 14.8 Å². The minimum atomic E-state index is -3.58. The van der Waals surface area contributed by atoms with Gasteiger partial charge in [0.1, 0.15) is 0 Å². The largest absolute Gasteiger partial charge is 0.325 e. The van der Waals surface area contributed by atoms with Crippen molar-refractivity contribution in [2.24, 2.45) is 0 Å². The van der Waals surface area contributed by atoms with Gasteiger partial charge in [0.05, 0.1) is 15.6 Å². The first kappa shape index (κ1) is 24.0. The number of carbonyl (C=O) groups excluding carboxylic acids is 1. The first-order valence-corrected chi connectivity index (χ1v) is 12.4. The zero-order valence-corrected chi connectivity index (χ0v) is 20.0. The van der Waals surface area contributed by atoms with Crippen molar-refractivity contribution in [3.63, 3.8) is 0 Å². The minimum Gasteiger partial charge on any atom is -0.325 e. The Morgan fingerprint density at radius 2 is 1.81 bits per heavy atom. The Morgan fingerprint density at radius 3 is 2.48 bits per heavy atom. The summed E-state index contributed by atoms with van der Waals surface area (Å²) in [5.74, 6) is -0.240. The van der Waals surface area contributed by atoms with Crippen LogP contribution in [0, 0.1) is 0 Å². The summed E-state index contributed by atoms with van der Waals surface area (Å²) in [4.78, 5) is 14.7. The Labute approximate surface area is 194 Å². The van der Waals surface area contributed by atoms with Crippen molar-refractivity contribution >= 4 is 44.8 Å². The van der Waals surface area contributed by atoms with E-state index in [0.29, 0.717) is 35.4 Å². The van der Waals surface area contributed by atoms with E-state index in [0.717, 1.165) is 18.4 Å². The summed E-state index contributed by atoms with van der Waals surface area (Å²) in [5.41, 5.74) is 1.30. The number of halogens is 2. The first-order chi connectivity index (χ1) is 14.7. The first-order valence-electron chi connectivity index (χ1n) is 10.2. The number of anilines is 1. The third-order valence-electron chi connectivity index (χ3n) is 5.62. The van der Waals surface area contributed by atoms with Gasteiger partial charge in [0.2, 0.25) is 15.9 Å². The minimum absolute atomic E-state index is 0.0408. The summed E-state index contributed by atoms with van der Waals surface area (Å²) < 4.78 is 27.0. The Kier molecular flexibility index (Phi) is 7.99. The molecule has 9 heteroatoms. The standard InChI is InChI=1S/C22H27Cl2N3O3S/c1-16(18-7-3-4-8-19(18)23)26(2)14-11-22(28)25-21-15-17(9-10-20(21)24)31(29,30)27-12-5-6-13-27/h3-4,7-10,15-16H,5-6,11-14H2,1-2H3,(H,25,28). The Bertz CT molecular complexity index is 1040. The number of amides is 1. The van der Waals surface area contributed by atoms with Crippen molar-refractivity contribution in [2.75, 3.05) is 32.0 Å². The van der Waals surface area contributed by atoms with Crippen LogP contribution in [0.3, 0.4) is 0 Å². The van der Waals surface area contributed by atoms with Gasteiger partial charge in [-0.25, -0.2) is 8.42 Å². The topological polar surface area (TPSA) is 69.7 Å². The molecule has 0 aromatic heterocycles.